The van der Waals surface area contributed by atoms with Gasteiger partial charge in [-0.15, -0.1) is 0 Å². The summed E-state index contributed by atoms with van der Waals surface area (Å²) in [5.41, 5.74) is -2.84. The highest BCUT2D eigenvalue weighted by Gasteiger charge is 2.62. The van der Waals surface area contributed by atoms with Gasteiger partial charge in [0.25, 0.3) is 0 Å². The van der Waals surface area contributed by atoms with Crippen LogP contribution in [-0.2, 0) is 11.2 Å². The van der Waals surface area contributed by atoms with E-state index in [1.807, 2.05) is 0 Å². The number of para-hydroxylation sites is 1. The van der Waals surface area contributed by atoms with Crippen molar-refractivity contribution in [3.8, 4) is 5.75 Å². The Bertz CT molecular complexity index is 859. The minimum Gasteiger partial charge on any atom is -0.478 e. The van der Waals surface area contributed by atoms with Crippen LogP contribution in [0.4, 0.5) is 13.2 Å². The van der Waals surface area contributed by atoms with Crippen LogP contribution in [0.3, 0.4) is 0 Å². The van der Waals surface area contributed by atoms with Crippen molar-refractivity contribution in [2.45, 2.75) is 24.6 Å². The Balaban J connectivity index is 2.04. The highest BCUT2D eigenvalue weighted by atomic mass is 35.5. The van der Waals surface area contributed by atoms with E-state index in [4.69, 9.17) is 16.3 Å². The lowest BCUT2D eigenvalue weighted by Crippen LogP contribution is -2.55. The van der Waals surface area contributed by atoms with Crippen LogP contribution in [0.15, 0.2) is 54.1 Å². The molecule has 0 amide bonds. The van der Waals surface area contributed by atoms with Crippen molar-refractivity contribution in [2.24, 2.45) is 0 Å². The third kappa shape index (κ3) is 3.29. The minimum absolute atomic E-state index is 0.00549. The maximum Gasteiger partial charge on any atom is 0.432 e. The monoisotopic (exact) mass is 382 g/mol. The number of aryl methyl sites for hydroxylation is 1. The maximum absolute atomic E-state index is 14.0. The Morgan fingerprint density at radius 2 is 1.77 bits per heavy atom. The summed E-state index contributed by atoms with van der Waals surface area (Å²) in [7, 11) is 0. The first kappa shape index (κ1) is 18.3. The van der Waals surface area contributed by atoms with Crippen molar-refractivity contribution in [3.63, 3.8) is 0 Å². The predicted octanol–water partition coefficient (Wildman–Crippen LogP) is 5.13. The quantitative estimate of drug-likeness (QED) is 0.797. The largest absolute Gasteiger partial charge is 0.478 e. The lowest BCUT2D eigenvalue weighted by molar-refractivity contribution is -0.237. The molecule has 1 atom stereocenters. The summed E-state index contributed by atoms with van der Waals surface area (Å²) in [6.07, 6.45) is -4.46. The van der Waals surface area contributed by atoms with Crippen molar-refractivity contribution < 1.29 is 27.8 Å². The lowest BCUT2D eigenvalue weighted by Gasteiger charge is -2.39. The van der Waals surface area contributed by atoms with Crippen LogP contribution in [0.25, 0.3) is 6.08 Å². The van der Waals surface area contributed by atoms with E-state index in [1.165, 1.54) is 12.1 Å². The van der Waals surface area contributed by atoms with Crippen molar-refractivity contribution in [1.29, 1.82) is 0 Å². The van der Waals surface area contributed by atoms with Crippen LogP contribution in [0.5, 0.6) is 5.75 Å². The molecule has 1 aliphatic heterocycles. The SMILES string of the molecule is O=C(O)C1=Cc2ccccc2OC1(CCc1ccc(Cl)cc1)C(F)(F)F. The third-order valence-corrected chi connectivity index (χ3v) is 4.56. The molecule has 7 heteroatoms. The zero-order valence-electron chi connectivity index (χ0n) is 13.4. The number of alkyl halides is 3. The Labute approximate surface area is 152 Å². The maximum atomic E-state index is 14.0. The van der Waals surface area contributed by atoms with Gasteiger partial charge in [-0.05, 0) is 36.3 Å². The van der Waals surface area contributed by atoms with Gasteiger partial charge in [-0.1, -0.05) is 41.9 Å². The second-order valence-electron chi connectivity index (χ2n) is 5.95. The standard InChI is InChI=1S/C19H14ClF3O3/c20-14-7-5-12(6-8-14)9-10-18(19(21,22)23)15(17(24)25)11-13-3-1-2-4-16(13)26-18/h1-8,11H,9-10H2,(H,24,25). The normalized spacial score (nSPS) is 19.3. The first-order chi connectivity index (χ1) is 12.2. The zero-order valence-corrected chi connectivity index (χ0v) is 14.1. The molecule has 1 N–H and O–H groups in total. The van der Waals surface area contributed by atoms with Gasteiger partial charge < -0.3 is 9.84 Å². The number of hydrogen-bond acceptors (Lipinski definition) is 2. The molecule has 0 fully saturated rings. The molecule has 0 bridgehead atoms. The molecule has 1 heterocycles. The number of rotatable bonds is 4. The molecule has 3 nitrogen and oxygen atoms in total. The summed E-state index contributed by atoms with van der Waals surface area (Å²) in [6, 6.07) is 12.4. The molecule has 0 saturated heterocycles. The summed E-state index contributed by atoms with van der Waals surface area (Å²) < 4.78 is 47.4. The van der Waals surface area contributed by atoms with Crippen molar-refractivity contribution in [3.05, 3.63) is 70.3 Å². The molecular weight excluding hydrogens is 369 g/mol. The molecule has 1 aliphatic rings. The molecule has 26 heavy (non-hydrogen) atoms. The third-order valence-electron chi connectivity index (χ3n) is 4.31. The fraction of sp³-hybridized carbons (Fsp3) is 0.211. The average Bonchev–Trinajstić information content (AvgIpc) is 2.59. The molecule has 0 spiro atoms. The molecule has 0 saturated carbocycles. The number of benzene rings is 2. The van der Waals surface area contributed by atoms with Crippen molar-refractivity contribution in [1.82, 2.24) is 0 Å². The molecule has 0 aliphatic carbocycles. The first-order valence-corrected chi connectivity index (χ1v) is 8.15. The van der Waals surface area contributed by atoms with Gasteiger partial charge in [-0.25, -0.2) is 4.79 Å². The molecule has 3 rings (SSSR count). The van der Waals surface area contributed by atoms with E-state index < -0.39 is 29.7 Å². The van der Waals surface area contributed by atoms with Crippen LogP contribution < -0.4 is 4.74 Å². The zero-order chi connectivity index (χ0) is 18.9. The lowest BCUT2D eigenvalue weighted by atomic mass is 9.83. The van der Waals surface area contributed by atoms with E-state index >= 15 is 0 Å². The number of halogens is 4. The predicted molar refractivity (Wildman–Crippen MR) is 91.2 cm³/mol. The van der Waals surface area contributed by atoms with E-state index in [0.717, 1.165) is 6.08 Å². The number of carboxylic acids is 1. The number of carboxylic acid groups (broad SMARTS) is 1. The van der Waals surface area contributed by atoms with Crippen LogP contribution in [0.1, 0.15) is 17.5 Å². The van der Waals surface area contributed by atoms with Crippen LogP contribution in [0.2, 0.25) is 5.02 Å². The second kappa shape index (κ2) is 6.68. The summed E-state index contributed by atoms with van der Waals surface area (Å²) in [5, 5.41) is 9.90. The smallest absolute Gasteiger partial charge is 0.432 e. The van der Waals surface area contributed by atoms with Gasteiger partial charge in [-0.2, -0.15) is 13.2 Å². The Morgan fingerprint density at radius 3 is 2.38 bits per heavy atom. The molecule has 2 aromatic carbocycles. The number of fused-ring (bicyclic) bond motifs is 1. The summed E-state index contributed by atoms with van der Waals surface area (Å²) in [5.74, 6) is -1.65. The van der Waals surface area contributed by atoms with Gasteiger partial charge in [0.15, 0.2) is 0 Å². The summed E-state index contributed by atoms with van der Waals surface area (Å²) in [6.45, 7) is 0. The Hall–Kier alpha value is -2.47. The Kier molecular flexibility index (Phi) is 4.71. The summed E-state index contributed by atoms with van der Waals surface area (Å²) >= 11 is 5.79. The van der Waals surface area contributed by atoms with Gasteiger partial charge in [-0.3, -0.25) is 0 Å². The minimum atomic E-state index is -4.91. The van der Waals surface area contributed by atoms with Crippen LogP contribution >= 0.6 is 11.6 Å². The molecule has 0 aromatic heterocycles. The highest BCUT2D eigenvalue weighted by Crippen LogP contribution is 2.47. The number of carbonyl (C=O) groups is 1. The molecule has 0 radical (unpaired) electrons. The second-order valence-corrected chi connectivity index (χ2v) is 6.39. The number of ether oxygens (including phenoxy) is 1. The van der Waals surface area contributed by atoms with Gasteiger partial charge >= 0.3 is 12.1 Å². The van der Waals surface area contributed by atoms with Crippen LogP contribution in [-0.4, -0.2) is 22.9 Å². The topological polar surface area (TPSA) is 46.5 Å². The van der Waals surface area contributed by atoms with Gasteiger partial charge in [0, 0.05) is 17.0 Å². The van der Waals surface area contributed by atoms with Gasteiger partial charge in [0.1, 0.15) is 5.75 Å². The van der Waals surface area contributed by atoms with E-state index in [0.29, 0.717) is 16.1 Å². The fourth-order valence-corrected chi connectivity index (χ4v) is 3.08. The van der Waals surface area contributed by atoms with E-state index in [-0.39, 0.29) is 12.2 Å². The van der Waals surface area contributed by atoms with Crippen LogP contribution in [0, 0.1) is 0 Å². The number of aliphatic carboxylic acids is 1. The van der Waals surface area contributed by atoms with E-state index in [1.54, 1.807) is 36.4 Å². The molecule has 1 unspecified atom stereocenters. The van der Waals surface area contributed by atoms with Crippen molar-refractivity contribution in [2.75, 3.05) is 0 Å². The van der Waals surface area contributed by atoms with Gasteiger partial charge in [0.2, 0.25) is 5.60 Å². The van der Waals surface area contributed by atoms with Crippen molar-refractivity contribution >= 4 is 23.6 Å². The summed E-state index contributed by atoms with van der Waals surface area (Å²) in [4.78, 5) is 11.6. The molecule has 136 valence electrons. The molecule has 2 aromatic rings. The fourth-order valence-electron chi connectivity index (χ4n) is 2.95. The van der Waals surface area contributed by atoms with E-state index in [9.17, 15) is 23.1 Å². The molecular formula is C19H14ClF3O3. The van der Waals surface area contributed by atoms with E-state index in [2.05, 4.69) is 0 Å². The van der Waals surface area contributed by atoms with Gasteiger partial charge in [0.05, 0.1) is 5.57 Å². The highest BCUT2D eigenvalue weighted by molar-refractivity contribution is 6.30. The Morgan fingerprint density at radius 1 is 1.12 bits per heavy atom. The average molecular weight is 383 g/mol. The number of hydrogen-bond donors (Lipinski definition) is 1. The first-order valence-electron chi connectivity index (χ1n) is 7.78.